The normalized spacial score (nSPS) is 10.4. The molecule has 1 atom stereocenters. The molecular weight excluding hydrogens is 434 g/mol. The van der Waals surface area contributed by atoms with E-state index in [1.54, 1.807) is 25.1 Å². The number of carbonyl (C=O) groups excluding carboxylic acids is 1. The Morgan fingerprint density at radius 2 is 2.06 bits per heavy atom. The van der Waals surface area contributed by atoms with Crippen LogP contribution in [-0.4, -0.2) is 11.4 Å². The zero-order valence-corrected chi connectivity index (χ0v) is 15.6. The van der Waals surface area contributed by atoms with Crippen molar-refractivity contribution < 1.29 is 54.5 Å². The average molecular weight is 445 g/mol. The van der Waals surface area contributed by atoms with Gasteiger partial charge in [0.05, 0.1) is 10.5 Å². The average Bonchev–Trinajstić information content (AvgIpc) is 2.26. The van der Waals surface area contributed by atoms with Gasteiger partial charge in [-0.05, 0) is 12.5 Å². The van der Waals surface area contributed by atoms with E-state index in [0.717, 1.165) is 0 Å². The van der Waals surface area contributed by atoms with Gasteiger partial charge in [0.25, 0.3) is 12.2 Å². The van der Waals surface area contributed by atoms with E-state index < -0.39 is 11.0 Å². The molecule has 0 saturated heterocycles. The smallest absolute Gasteiger partial charge is 1.00 e. The third-order valence-corrected chi connectivity index (χ3v) is 2.07. The molecule has 1 unspecified atom stereocenters. The largest absolute Gasteiger partial charge is 1.00 e. The maximum absolute atomic E-state index is 10.7. The summed E-state index contributed by atoms with van der Waals surface area (Å²) in [6.45, 7) is 2.11. The molecule has 1 aromatic carbocycles. The Kier molecular flexibility index (Phi) is 10.3. The third kappa shape index (κ3) is 4.99. The topological polar surface area (TPSA) is 69.4 Å². The van der Waals surface area contributed by atoms with Crippen LogP contribution in [0.3, 0.4) is 0 Å². The van der Waals surface area contributed by atoms with Gasteiger partial charge in [-0.25, -0.2) is 0 Å². The zero-order valence-electron chi connectivity index (χ0n) is 9.34. The molecule has 0 fully saturated rings. The molecule has 89 valence electrons. The number of carbonyl (C=O) groups is 1. The fraction of sp³-hybridized carbons (Fsp3) is 0.300. The maximum Gasteiger partial charge on any atom is 1.00 e. The van der Waals surface area contributed by atoms with Gasteiger partial charge in [0.15, 0.2) is 0 Å². The van der Waals surface area contributed by atoms with E-state index in [0.29, 0.717) is 18.5 Å². The number of nitrogens with zero attached hydrogens (tertiary/aromatic N) is 1. The Morgan fingerprint density at radius 1 is 1.47 bits per heavy atom. The molecule has 1 rings (SSSR count). The summed E-state index contributed by atoms with van der Waals surface area (Å²) in [5.41, 5.74) is 0.406. The van der Waals surface area contributed by atoms with Crippen LogP contribution in [0.4, 0.5) is 5.69 Å². The van der Waals surface area contributed by atoms with E-state index in [2.05, 4.69) is 0 Å². The molecule has 0 aromatic heterocycles. The number of benzene rings is 1. The minimum Gasteiger partial charge on any atom is -1.00 e. The predicted molar refractivity (Wildman–Crippen MR) is 53.3 cm³/mol. The first-order valence-electron chi connectivity index (χ1n) is 4.53. The quantitative estimate of drug-likeness (QED) is 0.258. The van der Waals surface area contributed by atoms with Gasteiger partial charge in [-0.1, -0.05) is 19.1 Å². The van der Waals surface area contributed by atoms with Crippen LogP contribution in [0.15, 0.2) is 24.3 Å². The van der Waals surface area contributed by atoms with Crippen molar-refractivity contribution in [1.29, 1.82) is 0 Å². The predicted octanol–water partition coefficient (Wildman–Crippen LogP) is -0.780. The number of rotatable bonds is 5. The Hall–Kier alpha value is -0.685. The van der Waals surface area contributed by atoms with Crippen molar-refractivity contribution in [3.8, 4) is 0 Å². The van der Waals surface area contributed by atoms with Crippen LogP contribution in [0.5, 0.6) is 0 Å². The minimum atomic E-state index is -0.552. The summed E-state index contributed by atoms with van der Waals surface area (Å²) in [5, 5.41) is 10.7. The molecular formula is C10H11ClHgNO4. The van der Waals surface area contributed by atoms with Gasteiger partial charge in [-0.2, -0.15) is 0 Å². The van der Waals surface area contributed by atoms with Crippen LogP contribution in [0.1, 0.15) is 25.0 Å². The van der Waals surface area contributed by atoms with Crippen molar-refractivity contribution >= 4 is 12.2 Å². The van der Waals surface area contributed by atoms with Gasteiger partial charge in [0, 0.05) is 6.07 Å². The monoisotopic (exact) mass is 446 g/mol. The van der Waals surface area contributed by atoms with Gasteiger partial charge < -0.3 is 17.1 Å². The summed E-state index contributed by atoms with van der Waals surface area (Å²) in [7, 11) is 0. The first kappa shape index (κ1) is 18.7. The standard InChI is InChI=1S/C10H11NO4.ClH.Hg/c1-2-10(15-7-12)8-5-3-4-6-9(8)11(13)14;;/h3-7,10H,2H2,1H3;1H;/q;;+1/p-1. The van der Waals surface area contributed by atoms with Gasteiger partial charge >= 0.3 is 27.7 Å². The summed E-state index contributed by atoms with van der Waals surface area (Å²) in [5.74, 6) is 0. The fourth-order valence-electron chi connectivity index (χ4n) is 1.38. The van der Waals surface area contributed by atoms with Crippen LogP contribution in [-0.2, 0) is 37.2 Å². The number of nitro groups is 1. The van der Waals surface area contributed by atoms with Crippen molar-refractivity contribution in [1.82, 2.24) is 0 Å². The number of hydrogen-bond acceptors (Lipinski definition) is 4. The van der Waals surface area contributed by atoms with Gasteiger partial charge in [-0.15, -0.1) is 0 Å². The van der Waals surface area contributed by atoms with Crippen molar-refractivity contribution in [3.63, 3.8) is 0 Å². The molecule has 0 aliphatic heterocycles. The molecule has 0 heterocycles. The molecule has 7 heteroatoms. The molecule has 1 aromatic rings. The second kappa shape index (κ2) is 9.36. The van der Waals surface area contributed by atoms with Crippen molar-refractivity contribution in [3.05, 3.63) is 39.9 Å². The molecule has 0 bridgehead atoms. The van der Waals surface area contributed by atoms with Gasteiger partial charge in [0.1, 0.15) is 6.10 Å². The first-order valence-corrected chi connectivity index (χ1v) is 4.53. The SMILES string of the molecule is CCC(OC=O)c1ccccc1[N+](=O)[O-].[Cl-].[Hg+]. The van der Waals surface area contributed by atoms with E-state index in [4.69, 9.17) is 4.74 Å². The van der Waals surface area contributed by atoms with Crippen LogP contribution in [0, 0.1) is 10.1 Å². The number of ether oxygens (including phenoxy) is 1. The summed E-state index contributed by atoms with van der Waals surface area (Å²) in [6.07, 6.45) is -0.0482. The van der Waals surface area contributed by atoms with Crippen molar-refractivity contribution in [2.75, 3.05) is 0 Å². The van der Waals surface area contributed by atoms with Crippen LogP contribution in [0.25, 0.3) is 0 Å². The molecule has 0 N–H and O–H groups in total. The molecule has 17 heavy (non-hydrogen) atoms. The van der Waals surface area contributed by atoms with Gasteiger partial charge in [-0.3, -0.25) is 14.9 Å². The Morgan fingerprint density at radius 3 is 2.53 bits per heavy atom. The molecule has 1 radical (unpaired) electrons. The summed E-state index contributed by atoms with van der Waals surface area (Å²) in [6, 6.07) is 6.25. The summed E-state index contributed by atoms with van der Waals surface area (Å²) >= 11 is 0. The summed E-state index contributed by atoms with van der Waals surface area (Å²) < 4.78 is 4.78. The molecule has 0 saturated carbocycles. The minimum absolute atomic E-state index is 0. The van der Waals surface area contributed by atoms with Crippen LogP contribution < -0.4 is 12.4 Å². The number of para-hydroxylation sites is 1. The Balaban J connectivity index is 0. The Labute approximate surface area is 126 Å². The number of halogens is 1. The van der Waals surface area contributed by atoms with E-state index in [-0.39, 0.29) is 45.8 Å². The maximum atomic E-state index is 10.7. The van der Waals surface area contributed by atoms with E-state index in [9.17, 15) is 14.9 Å². The molecule has 0 spiro atoms. The third-order valence-electron chi connectivity index (χ3n) is 2.07. The first-order chi connectivity index (χ1) is 7.20. The number of hydrogen-bond donors (Lipinski definition) is 0. The molecule has 0 aliphatic rings. The molecule has 0 amide bonds. The van der Waals surface area contributed by atoms with Crippen LogP contribution in [0.2, 0.25) is 0 Å². The zero-order chi connectivity index (χ0) is 11.3. The molecule has 0 aliphatic carbocycles. The summed E-state index contributed by atoms with van der Waals surface area (Å²) in [4.78, 5) is 20.5. The van der Waals surface area contributed by atoms with Crippen molar-refractivity contribution in [2.24, 2.45) is 0 Å². The van der Waals surface area contributed by atoms with Crippen LogP contribution >= 0.6 is 0 Å². The second-order valence-electron chi connectivity index (χ2n) is 2.95. The Bertz CT molecular complexity index is 375. The van der Waals surface area contributed by atoms with E-state index >= 15 is 0 Å². The van der Waals surface area contributed by atoms with Crippen molar-refractivity contribution in [2.45, 2.75) is 19.4 Å². The van der Waals surface area contributed by atoms with E-state index in [1.165, 1.54) is 6.07 Å². The van der Waals surface area contributed by atoms with Gasteiger partial charge in [0.2, 0.25) is 0 Å². The second-order valence-corrected chi connectivity index (χ2v) is 2.95. The fourth-order valence-corrected chi connectivity index (χ4v) is 1.38. The molecule has 5 nitrogen and oxygen atoms in total. The number of nitro benzene ring substituents is 1. The van der Waals surface area contributed by atoms with E-state index in [1.807, 2.05) is 0 Å².